The van der Waals surface area contributed by atoms with Gasteiger partial charge in [0.25, 0.3) is 0 Å². The number of rotatable bonds is 3. The van der Waals surface area contributed by atoms with Crippen molar-refractivity contribution in [1.82, 2.24) is 4.90 Å². The topological polar surface area (TPSA) is 40.5 Å². The van der Waals surface area contributed by atoms with Crippen LogP contribution in [0.2, 0.25) is 0 Å². The number of aliphatic carboxylic acids is 1. The summed E-state index contributed by atoms with van der Waals surface area (Å²) in [6.45, 7) is 6.05. The highest BCUT2D eigenvalue weighted by Crippen LogP contribution is 2.36. The number of nitrogens with zero attached hydrogens (tertiary/aromatic N) is 1. The molecule has 0 unspecified atom stereocenters. The van der Waals surface area contributed by atoms with Crippen LogP contribution in [0.5, 0.6) is 0 Å². The third-order valence-corrected chi connectivity index (χ3v) is 4.12. The standard InChI is InChI=1S/C15H21NO2/c1-12(2)16-10-8-15(9-11-16,14(17)18)13-6-4-3-5-7-13/h3-7,12H,8-11H2,1-2H3,(H,17,18). The summed E-state index contributed by atoms with van der Waals surface area (Å²) in [5.74, 6) is -0.683. The van der Waals surface area contributed by atoms with Gasteiger partial charge >= 0.3 is 5.97 Å². The van der Waals surface area contributed by atoms with E-state index in [-0.39, 0.29) is 0 Å². The second kappa shape index (κ2) is 5.11. The lowest BCUT2D eigenvalue weighted by atomic mass is 9.72. The minimum absolute atomic E-state index is 0.493. The normalized spacial score (nSPS) is 19.9. The highest BCUT2D eigenvalue weighted by atomic mass is 16.4. The van der Waals surface area contributed by atoms with Crippen molar-refractivity contribution in [1.29, 1.82) is 0 Å². The van der Waals surface area contributed by atoms with Gasteiger partial charge in [-0.25, -0.2) is 0 Å². The molecule has 0 saturated carbocycles. The maximum absolute atomic E-state index is 11.7. The molecular weight excluding hydrogens is 226 g/mol. The number of hydrogen-bond acceptors (Lipinski definition) is 2. The lowest BCUT2D eigenvalue weighted by Crippen LogP contribution is -2.49. The van der Waals surface area contributed by atoms with Gasteiger partial charge in [0.05, 0.1) is 5.41 Å². The summed E-state index contributed by atoms with van der Waals surface area (Å²) in [6, 6.07) is 10.2. The fourth-order valence-corrected chi connectivity index (χ4v) is 2.81. The Morgan fingerprint density at radius 3 is 2.22 bits per heavy atom. The Hall–Kier alpha value is -1.35. The summed E-state index contributed by atoms with van der Waals surface area (Å²) in [4.78, 5) is 14.1. The van der Waals surface area contributed by atoms with Gasteiger partial charge < -0.3 is 10.0 Å². The Morgan fingerprint density at radius 1 is 1.22 bits per heavy atom. The lowest BCUT2D eigenvalue weighted by molar-refractivity contribution is -0.146. The van der Waals surface area contributed by atoms with E-state index in [1.54, 1.807) is 0 Å². The van der Waals surface area contributed by atoms with E-state index in [0.29, 0.717) is 18.9 Å². The second-order valence-corrected chi connectivity index (χ2v) is 5.38. The van der Waals surface area contributed by atoms with E-state index < -0.39 is 11.4 Å². The first kappa shape index (κ1) is 13.1. The van der Waals surface area contributed by atoms with E-state index in [9.17, 15) is 9.90 Å². The molecule has 1 aromatic carbocycles. The summed E-state index contributed by atoms with van der Waals surface area (Å²) in [7, 11) is 0. The maximum Gasteiger partial charge on any atom is 0.314 e. The summed E-state index contributed by atoms with van der Waals surface area (Å²) >= 11 is 0. The quantitative estimate of drug-likeness (QED) is 0.892. The Bertz CT molecular complexity index is 406. The highest BCUT2D eigenvalue weighted by molar-refractivity contribution is 5.81. The molecule has 1 aromatic rings. The zero-order chi connectivity index (χ0) is 13.2. The van der Waals surface area contributed by atoms with Gasteiger partial charge in [0, 0.05) is 6.04 Å². The highest BCUT2D eigenvalue weighted by Gasteiger charge is 2.43. The van der Waals surface area contributed by atoms with E-state index in [2.05, 4.69) is 18.7 Å². The van der Waals surface area contributed by atoms with Crippen LogP contribution in [0, 0.1) is 0 Å². The smallest absolute Gasteiger partial charge is 0.314 e. The average molecular weight is 247 g/mol. The Balaban J connectivity index is 2.24. The number of likely N-dealkylation sites (tertiary alicyclic amines) is 1. The van der Waals surface area contributed by atoms with Crippen molar-refractivity contribution in [3.63, 3.8) is 0 Å². The molecule has 3 heteroatoms. The van der Waals surface area contributed by atoms with Crippen LogP contribution in [0.4, 0.5) is 0 Å². The summed E-state index contributed by atoms with van der Waals surface area (Å²) < 4.78 is 0. The number of hydrogen-bond donors (Lipinski definition) is 1. The van der Waals surface area contributed by atoms with Crippen LogP contribution in [0.25, 0.3) is 0 Å². The molecule has 0 spiro atoms. The first-order valence-electron chi connectivity index (χ1n) is 6.59. The van der Waals surface area contributed by atoms with Crippen molar-refractivity contribution >= 4 is 5.97 Å². The van der Waals surface area contributed by atoms with Gasteiger partial charge in [-0.05, 0) is 45.3 Å². The first-order chi connectivity index (χ1) is 8.56. The Morgan fingerprint density at radius 2 is 1.78 bits per heavy atom. The number of carboxylic acids is 1. The van der Waals surface area contributed by atoms with Crippen molar-refractivity contribution in [2.24, 2.45) is 0 Å². The van der Waals surface area contributed by atoms with Gasteiger partial charge in [-0.1, -0.05) is 30.3 Å². The minimum Gasteiger partial charge on any atom is -0.481 e. The fourth-order valence-electron chi connectivity index (χ4n) is 2.81. The lowest BCUT2D eigenvalue weighted by Gasteiger charge is -2.40. The van der Waals surface area contributed by atoms with E-state index >= 15 is 0 Å². The van der Waals surface area contributed by atoms with Crippen molar-refractivity contribution in [2.45, 2.75) is 38.1 Å². The number of carboxylic acid groups (broad SMARTS) is 1. The molecule has 0 aliphatic carbocycles. The van der Waals surface area contributed by atoms with Gasteiger partial charge in [0.1, 0.15) is 0 Å². The molecule has 0 amide bonds. The van der Waals surface area contributed by atoms with E-state index in [4.69, 9.17) is 0 Å². The first-order valence-corrected chi connectivity index (χ1v) is 6.59. The van der Waals surface area contributed by atoms with Gasteiger partial charge in [-0.3, -0.25) is 4.79 Å². The molecule has 18 heavy (non-hydrogen) atoms. The van der Waals surface area contributed by atoms with Gasteiger partial charge in [-0.2, -0.15) is 0 Å². The Labute approximate surface area is 108 Å². The zero-order valence-electron chi connectivity index (χ0n) is 11.1. The molecule has 1 aliphatic heterocycles. The molecule has 0 bridgehead atoms. The van der Waals surface area contributed by atoms with Crippen LogP contribution in [-0.4, -0.2) is 35.1 Å². The van der Waals surface area contributed by atoms with Crippen LogP contribution < -0.4 is 0 Å². The molecule has 0 aromatic heterocycles. The van der Waals surface area contributed by atoms with Crippen LogP contribution in [0.3, 0.4) is 0 Å². The summed E-state index contributed by atoms with van der Waals surface area (Å²) in [5, 5.41) is 9.65. The number of benzene rings is 1. The second-order valence-electron chi connectivity index (χ2n) is 5.38. The molecule has 1 fully saturated rings. The summed E-state index contributed by atoms with van der Waals surface area (Å²) in [6.07, 6.45) is 1.40. The predicted molar refractivity (Wildman–Crippen MR) is 71.7 cm³/mol. The van der Waals surface area contributed by atoms with Crippen molar-refractivity contribution < 1.29 is 9.90 Å². The summed E-state index contributed by atoms with van der Waals surface area (Å²) in [5.41, 5.74) is 0.257. The minimum atomic E-state index is -0.688. The van der Waals surface area contributed by atoms with Crippen LogP contribution in [-0.2, 0) is 10.2 Å². The van der Waals surface area contributed by atoms with Gasteiger partial charge in [0.15, 0.2) is 0 Å². The van der Waals surface area contributed by atoms with Crippen molar-refractivity contribution in [3.8, 4) is 0 Å². The molecule has 1 saturated heterocycles. The van der Waals surface area contributed by atoms with E-state index in [0.717, 1.165) is 18.7 Å². The molecular formula is C15H21NO2. The largest absolute Gasteiger partial charge is 0.481 e. The molecule has 1 N–H and O–H groups in total. The molecule has 1 aliphatic rings. The van der Waals surface area contributed by atoms with Crippen molar-refractivity contribution in [3.05, 3.63) is 35.9 Å². The fraction of sp³-hybridized carbons (Fsp3) is 0.533. The number of piperidine rings is 1. The van der Waals surface area contributed by atoms with Gasteiger partial charge in [0.2, 0.25) is 0 Å². The molecule has 0 radical (unpaired) electrons. The van der Waals surface area contributed by atoms with Gasteiger partial charge in [-0.15, -0.1) is 0 Å². The Kier molecular flexibility index (Phi) is 3.71. The predicted octanol–water partition coefficient (Wildman–Crippen LogP) is 2.51. The molecule has 3 nitrogen and oxygen atoms in total. The SMILES string of the molecule is CC(C)N1CCC(C(=O)O)(c2ccccc2)CC1. The molecule has 1 heterocycles. The van der Waals surface area contributed by atoms with E-state index in [1.807, 2.05) is 30.3 Å². The van der Waals surface area contributed by atoms with Crippen molar-refractivity contribution in [2.75, 3.05) is 13.1 Å². The maximum atomic E-state index is 11.7. The molecule has 0 atom stereocenters. The van der Waals surface area contributed by atoms with Crippen LogP contribution >= 0.6 is 0 Å². The zero-order valence-corrected chi connectivity index (χ0v) is 11.1. The van der Waals surface area contributed by atoms with Crippen LogP contribution in [0.15, 0.2) is 30.3 Å². The molecule has 2 rings (SSSR count). The average Bonchev–Trinajstić information content (AvgIpc) is 2.39. The monoisotopic (exact) mass is 247 g/mol. The van der Waals surface area contributed by atoms with E-state index in [1.165, 1.54) is 0 Å². The molecule has 98 valence electrons. The third kappa shape index (κ3) is 2.27. The number of carbonyl (C=O) groups is 1. The van der Waals surface area contributed by atoms with Crippen LogP contribution in [0.1, 0.15) is 32.3 Å². The third-order valence-electron chi connectivity index (χ3n) is 4.12.